The minimum Gasteiger partial charge on any atom is -0.397 e. The van der Waals surface area contributed by atoms with Crippen LogP contribution in [0.1, 0.15) is 19.8 Å². The van der Waals surface area contributed by atoms with Gasteiger partial charge in [-0.25, -0.2) is 0 Å². The Hall–Kier alpha value is -1.77. The molecule has 1 amide bonds. The van der Waals surface area contributed by atoms with Crippen molar-refractivity contribution in [1.82, 2.24) is 4.90 Å². The van der Waals surface area contributed by atoms with Crippen LogP contribution in [0.2, 0.25) is 5.02 Å². The lowest BCUT2D eigenvalue weighted by Gasteiger charge is -2.18. The molecule has 0 aliphatic heterocycles. The van der Waals surface area contributed by atoms with Gasteiger partial charge < -0.3 is 16.0 Å². The van der Waals surface area contributed by atoms with E-state index in [4.69, 9.17) is 22.6 Å². The number of amides is 1. The Morgan fingerprint density at radius 1 is 1.50 bits per heavy atom. The van der Waals surface area contributed by atoms with Gasteiger partial charge in [0.25, 0.3) is 0 Å². The summed E-state index contributed by atoms with van der Waals surface area (Å²) in [5.41, 5.74) is 6.79. The first kappa shape index (κ1) is 16.3. The Kier molecular flexibility index (Phi) is 6.85. The molecule has 0 bridgehead atoms. The molecule has 1 aromatic rings. The Labute approximate surface area is 124 Å². The van der Waals surface area contributed by atoms with E-state index in [-0.39, 0.29) is 5.91 Å². The summed E-state index contributed by atoms with van der Waals surface area (Å²) in [5, 5.41) is 11.9. The highest BCUT2D eigenvalue weighted by Crippen LogP contribution is 2.22. The number of benzene rings is 1. The summed E-state index contributed by atoms with van der Waals surface area (Å²) >= 11 is 5.80. The van der Waals surface area contributed by atoms with Crippen LogP contribution in [0.25, 0.3) is 0 Å². The quantitative estimate of drug-likeness (QED) is 0.757. The number of halogens is 1. The van der Waals surface area contributed by atoms with Crippen molar-refractivity contribution in [3.8, 4) is 6.07 Å². The van der Waals surface area contributed by atoms with E-state index >= 15 is 0 Å². The predicted octanol–water partition coefficient (Wildman–Crippen LogP) is 2.49. The molecule has 0 heterocycles. The average Bonchev–Trinajstić information content (AvgIpc) is 2.42. The van der Waals surface area contributed by atoms with E-state index in [1.165, 1.54) is 0 Å². The van der Waals surface area contributed by atoms with Gasteiger partial charge in [0.2, 0.25) is 5.91 Å². The summed E-state index contributed by atoms with van der Waals surface area (Å²) in [4.78, 5) is 13.9. The number of nitrogens with two attached hydrogens (primary N) is 1. The Morgan fingerprint density at radius 3 is 2.85 bits per heavy atom. The second kappa shape index (κ2) is 8.41. The average molecular weight is 295 g/mol. The van der Waals surface area contributed by atoms with Gasteiger partial charge >= 0.3 is 0 Å². The van der Waals surface area contributed by atoms with E-state index in [9.17, 15) is 4.79 Å². The van der Waals surface area contributed by atoms with E-state index in [1.54, 1.807) is 18.2 Å². The smallest absolute Gasteiger partial charge is 0.225 e. The lowest BCUT2D eigenvalue weighted by Crippen LogP contribution is -2.28. The zero-order chi connectivity index (χ0) is 15.0. The van der Waals surface area contributed by atoms with Crippen LogP contribution in [0.15, 0.2) is 18.2 Å². The molecule has 0 spiro atoms. The van der Waals surface area contributed by atoms with Gasteiger partial charge in [-0.2, -0.15) is 5.26 Å². The van der Waals surface area contributed by atoms with Crippen molar-refractivity contribution in [2.75, 3.05) is 30.7 Å². The number of hydrogen-bond donors (Lipinski definition) is 2. The van der Waals surface area contributed by atoms with Gasteiger partial charge in [-0.15, -0.1) is 0 Å². The van der Waals surface area contributed by atoms with Crippen LogP contribution in [-0.2, 0) is 4.79 Å². The molecular weight excluding hydrogens is 276 g/mol. The highest BCUT2D eigenvalue weighted by molar-refractivity contribution is 6.31. The molecule has 0 aliphatic carbocycles. The van der Waals surface area contributed by atoms with Gasteiger partial charge in [0.15, 0.2) is 0 Å². The van der Waals surface area contributed by atoms with Gasteiger partial charge in [0, 0.05) is 31.0 Å². The van der Waals surface area contributed by atoms with E-state index in [0.717, 1.165) is 6.54 Å². The number of carbonyl (C=O) groups excluding carboxylic acids is 1. The van der Waals surface area contributed by atoms with Gasteiger partial charge in [0.05, 0.1) is 17.4 Å². The maximum Gasteiger partial charge on any atom is 0.225 e. The lowest BCUT2D eigenvalue weighted by molar-refractivity contribution is -0.116. The predicted molar refractivity (Wildman–Crippen MR) is 81.5 cm³/mol. The molecule has 0 atom stereocenters. The number of rotatable bonds is 7. The Balaban J connectivity index is 2.45. The molecule has 0 unspecified atom stereocenters. The first-order valence-electron chi connectivity index (χ1n) is 6.51. The summed E-state index contributed by atoms with van der Waals surface area (Å²) in [6.07, 6.45) is 0.834. The summed E-state index contributed by atoms with van der Waals surface area (Å²) in [6, 6.07) is 7.06. The molecular formula is C14H19ClN4O. The van der Waals surface area contributed by atoms with Crippen LogP contribution < -0.4 is 11.1 Å². The fourth-order valence-electron chi connectivity index (χ4n) is 1.76. The number of anilines is 2. The third kappa shape index (κ3) is 5.47. The summed E-state index contributed by atoms with van der Waals surface area (Å²) in [6.45, 7) is 4.13. The second-order valence-electron chi connectivity index (χ2n) is 4.37. The molecule has 0 radical (unpaired) electrons. The van der Waals surface area contributed by atoms with Crippen molar-refractivity contribution in [2.24, 2.45) is 0 Å². The molecule has 1 rings (SSSR count). The highest BCUT2D eigenvalue weighted by atomic mass is 35.5. The van der Waals surface area contributed by atoms with E-state index in [1.807, 2.05) is 6.92 Å². The van der Waals surface area contributed by atoms with Gasteiger partial charge in [-0.1, -0.05) is 18.5 Å². The number of nitrogens with one attached hydrogen (secondary N) is 1. The van der Waals surface area contributed by atoms with Crippen LogP contribution in [0.4, 0.5) is 11.4 Å². The largest absolute Gasteiger partial charge is 0.397 e. The van der Waals surface area contributed by atoms with E-state index in [0.29, 0.717) is 42.3 Å². The maximum atomic E-state index is 11.9. The summed E-state index contributed by atoms with van der Waals surface area (Å²) in [7, 11) is 0. The molecule has 6 heteroatoms. The highest BCUT2D eigenvalue weighted by Gasteiger charge is 2.08. The summed E-state index contributed by atoms with van der Waals surface area (Å²) < 4.78 is 0. The van der Waals surface area contributed by atoms with Crippen molar-refractivity contribution in [3.05, 3.63) is 23.2 Å². The first-order valence-corrected chi connectivity index (χ1v) is 6.88. The van der Waals surface area contributed by atoms with Gasteiger partial charge in [-0.3, -0.25) is 4.79 Å². The second-order valence-corrected chi connectivity index (χ2v) is 4.81. The minimum atomic E-state index is -0.102. The Morgan fingerprint density at radius 2 is 2.25 bits per heavy atom. The van der Waals surface area contributed by atoms with Crippen molar-refractivity contribution < 1.29 is 4.79 Å². The number of nitriles is 1. The van der Waals surface area contributed by atoms with E-state index < -0.39 is 0 Å². The normalized spacial score (nSPS) is 10.3. The number of nitrogens with zero attached hydrogens (tertiary/aromatic N) is 2. The standard InChI is InChI=1S/C14H19ClN4O/c1-2-19(8-3-7-16)9-6-14(20)18-13-5-4-11(15)10-12(13)17/h4-5,10H,2-3,6,8-9,17H2,1H3,(H,18,20). The molecule has 108 valence electrons. The fourth-order valence-corrected chi connectivity index (χ4v) is 1.94. The zero-order valence-electron chi connectivity index (χ0n) is 11.5. The van der Waals surface area contributed by atoms with Crippen LogP contribution in [-0.4, -0.2) is 30.4 Å². The van der Waals surface area contributed by atoms with Crippen molar-refractivity contribution in [2.45, 2.75) is 19.8 Å². The third-order valence-corrected chi connectivity index (χ3v) is 3.16. The molecule has 0 saturated carbocycles. The monoisotopic (exact) mass is 294 g/mol. The number of carbonyl (C=O) groups is 1. The molecule has 20 heavy (non-hydrogen) atoms. The van der Waals surface area contributed by atoms with Gasteiger partial charge in [-0.05, 0) is 24.7 Å². The number of nitrogen functional groups attached to an aromatic ring is 1. The third-order valence-electron chi connectivity index (χ3n) is 2.93. The zero-order valence-corrected chi connectivity index (χ0v) is 12.3. The molecule has 0 saturated heterocycles. The van der Waals surface area contributed by atoms with Crippen LogP contribution in [0.5, 0.6) is 0 Å². The molecule has 0 aliphatic rings. The van der Waals surface area contributed by atoms with Crippen LogP contribution in [0.3, 0.4) is 0 Å². The summed E-state index contributed by atoms with van der Waals surface area (Å²) in [5.74, 6) is -0.102. The SMILES string of the molecule is CCN(CCC#N)CCC(=O)Nc1ccc(Cl)cc1N. The topological polar surface area (TPSA) is 82.2 Å². The first-order chi connectivity index (χ1) is 9.56. The maximum absolute atomic E-state index is 11.9. The fraction of sp³-hybridized carbons (Fsp3) is 0.429. The molecule has 0 aromatic heterocycles. The molecule has 1 aromatic carbocycles. The minimum absolute atomic E-state index is 0.102. The van der Waals surface area contributed by atoms with Gasteiger partial charge in [0.1, 0.15) is 0 Å². The Bertz CT molecular complexity index is 498. The van der Waals surface area contributed by atoms with Crippen molar-refractivity contribution in [1.29, 1.82) is 5.26 Å². The molecule has 0 fully saturated rings. The molecule has 3 N–H and O–H groups in total. The van der Waals surface area contributed by atoms with Crippen LogP contribution in [0, 0.1) is 11.3 Å². The van der Waals surface area contributed by atoms with Crippen molar-refractivity contribution >= 4 is 28.9 Å². The van der Waals surface area contributed by atoms with Crippen LogP contribution >= 0.6 is 11.6 Å². The lowest BCUT2D eigenvalue weighted by atomic mass is 10.2. The number of hydrogen-bond acceptors (Lipinski definition) is 4. The van der Waals surface area contributed by atoms with E-state index in [2.05, 4.69) is 16.3 Å². The molecule has 5 nitrogen and oxygen atoms in total. The van der Waals surface area contributed by atoms with Crippen molar-refractivity contribution in [3.63, 3.8) is 0 Å².